The average molecular weight is 322 g/mol. The molecule has 2 amide bonds. The molecule has 0 fully saturated rings. The van der Waals surface area contributed by atoms with Crippen LogP contribution in [0.4, 0.5) is 0 Å². The Morgan fingerprint density at radius 2 is 1.87 bits per heavy atom. The minimum Gasteiger partial charge on any atom is -0.490 e. The van der Waals surface area contributed by atoms with Crippen molar-refractivity contribution in [2.75, 3.05) is 26.3 Å². The Morgan fingerprint density at radius 3 is 2.52 bits per heavy atom. The van der Waals surface area contributed by atoms with Crippen molar-refractivity contribution >= 4 is 18.1 Å². The van der Waals surface area contributed by atoms with Gasteiger partial charge in [-0.15, -0.1) is 0 Å². The van der Waals surface area contributed by atoms with Gasteiger partial charge in [-0.1, -0.05) is 6.92 Å². The normalized spacial score (nSPS) is 9.83. The molecule has 0 saturated heterocycles. The van der Waals surface area contributed by atoms with Crippen LogP contribution < -0.4 is 20.1 Å². The quantitative estimate of drug-likeness (QED) is 0.625. The Morgan fingerprint density at radius 1 is 1.09 bits per heavy atom. The fourth-order valence-corrected chi connectivity index (χ4v) is 1.69. The first-order chi connectivity index (χ1) is 11.1. The van der Waals surface area contributed by atoms with E-state index in [0.717, 1.165) is 6.42 Å². The number of aldehydes is 1. The Bertz CT molecular complexity index is 545. The molecule has 0 aliphatic carbocycles. The number of carbonyl (C=O) groups excluding carboxylic acids is 3. The number of nitrogens with one attached hydrogen (secondary N) is 2. The Balaban J connectivity index is 2.49. The molecular formula is C16H22N2O5. The molecule has 0 spiro atoms. The van der Waals surface area contributed by atoms with E-state index in [1.54, 1.807) is 25.1 Å². The van der Waals surface area contributed by atoms with E-state index in [9.17, 15) is 14.4 Å². The van der Waals surface area contributed by atoms with Crippen LogP contribution in [-0.4, -0.2) is 44.4 Å². The van der Waals surface area contributed by atoms with Crippen molar-refractivity contribution in [1.82, 2.24) is 10.6 Å². The largest absolute Gasteiger partial charge is 0.490 e. The van der Waals surface area contributed by atoms with E-state index < -0.39 is 5.91 Å². The van der Waals surface area contributed by atoms with E-state index >= 15 is 0 Å². The van der Waals surface area contributed by atoms with E-state index in [-0.39, 0.29) is 19.1 Å². The molecule has 0 bridgehead atoms. The second-order valence-electron chi connectivity index (χ2n) is 4.67. The molecule has 7 heteroatoms. The number of hydrogen-bond donors (Lipinski definition) is 2. The topological polar surface area (TPSA) is 93.7 Å². The number of rotatable bonds is 10. The molecule has 0 heterocycles. The molecule has 0 radical (unpaired) electrons. The van der Waals surface area contributed by atoms with Gasteiger partial charge >= 0.3 is 0 Å². The lowest BCUT2D eigenvalue weighted by Gasteiger charge is -2.12. The molecule has 0 aromatic heterocycles. The fourth-order valence-electron chi connectivity index (χ4n) is 1.69. The smallest absolute Gasteiger partial charge is 0.258 e. The van der Waals surface area contributed by atoms with Crippen LogP contribution in [0.3, 0.4) is 0 Å². The van der Waals surface area contributed by atoms with Gasteiger partial charge in [-0.05, 0) is 31.5 Å². The first kappa shape index (κ1) is 18.5. The highest BCUT2D eigenvalue weighted by Crippen LogP contribution is 2.27. The lowest BCUT2D eigenvalue weighted by atomic mass is 10.2. The zero-order valence-electron chi connectivity index (χ0n) is 13.4. The Hall–Kier alpha value is -2.57. The van der Waals surface area contributed by atoms with Gasteiger partial charge < -0.3 is 20.1 Å². The molecule has 126 valence electrons. The van der Waals surface area contributed by atoms with Crippen LogP contribution in [0, 0.1) is 0 Å². The van der Waals surface area contributed by atoms with Crippen LogP contribution in [0.5, 0.6) is 11.5 Å². The lowest BCUT2D eigenvalue weighted by Crippen LogP contribution is -2.39. The fraction of sp³-hybridized carbons (Fsp3) is 0.438. The van der Waals surface area contributed by atoms with Crippen LogP contribution in [0.15, 0.2) is 18.2 Å². The highest BCUT2D eigenvalue weighted by atomic mass is 16.5. The van der Waals surface area contributed by atoms with E-state index in [4.69, 9.17) is 9.47 Å². The summed E-state index contributed by atoms with van der Waals surface area (Å²) in [4.78, 5) is 33.8. The maximum Gasteiger partial charge on any atom is 0.258 e. The summed E-state index contributed by atoms with van der Waals surface area (Å²) in [5.74, 6) is 0.0951. The van der Waals surface area contributed by atoms with Crippen molar-refractivity contribution in [3.05, 3.63) is 23.8 Å². The third kappa shape index (κ3) is 6.82. The van der Waals surface area contributed by atoms with Gasteiger partial charge in [-0.3, -0.25) is 14.4 Å². The van der Waals surface area contributed by atoms with Gasteiger partial charge in [0.2, 0.25) is 5.91 Å². The number of hydrogen-bond acceptors (Lipinski definition) is 5. The minimum absolute atomic E-state index is 0.0927. The minimum atomic E-state index is -0.418. The number of carbonyl (C=O) groups is 3. The van der Waals surface area contributed by atoms with Crippen LogP contribution in [0.1, 0.15) is 30.6 Å². The van der Waals surface area contributed by atoms with E-state index in [1.165, 1.54) is 0 Å². The molecule has 23 heavy (non-hydrogen) atoms. The van der Waals surface area contributed by atoms with Crippen molar-refractivity contribution in [1.29, 1.82) is 0 Å². The molecule has 2 N–H and O–H groups in total. The van der Waals surface area contributed by atoms with Crippen molar-refractivity contribution in [3.63, 3.8) is 0 Å². The highest BCUT2D eigenvalue weighted by molar-refractivity contribution is 5.85. The predicted molar refractivity (Wildman–Crippen MR) is 84.8 cm³/mol. The first-order valence-electron chi connectivity index (χ1n) is 7.48. The molecule has 1 aromatic rings. The highest BCUT2D eigenvalue weighted by Gasteiger charge is 2.10. The summed E-state index contributed by atoms with van der Waals surface area (Å²) in [5.41, 5.74) is 0.456. The monoisotopic (exact) mass is 322 g/mol. The molecule has 1 aromatic carbocycles. The third-order valence-corrected chi connectivity index (χ3v) is 2.78. The maximum absolute atomic E-state index is 11.7. The van der Waals surface area contributed by atoms with Gasteiger partial charge in [-0.2, -0.15) is 0 Å². The van der Waals surface area contributed by atoms with Gasteiger partial charge in [0.1, 0.15) is 6.29 Å². The van der Waals surface area contributed by atoms with E-state index in [0.29, 0.717) is 36.5 Å². The number of amides is 2. The zero-order valence-corrected chi connectivity index (χ0v) is 13.4. The second kappa shape index (κ2) is 10.2. The predicted octanol–water partition coefficient (Wildman–Crippen LogP) is 0.919. The summed E-state index contributed by atoms with van der Waals surface area (Å²) in [6.07, 6.45) is 1.54. The lowest BCUT2D eigenvalue weighted by molar-refractivity contribution is -0.127. The van der Waals surface area contributed by atoms with Crippen LogP contribution >= 0.6 is 0 Å². The Kier molecular flexibility index (Phi) is 8.20. The molecule has 0 atom stereocenters. The van der Waals surface area contributed by atoms with Crippen molar-refractivity contribution in [2.24, 2.45) is 0 Å². The maximum atomic E-state index is 11.7. The summed E-state index contributed by atoms with van der Waals surface area (Å²) < 4.78 is 10.8. The summed E-state index contributed by atoms with van der Waals surface area (Å²) in [7, 11) is 0. The van der Waals surface area contributed by atoms with Crippen LogP contribution in [-0.2, 0) is 9.59 Å². The molecule has 0 saturated carbocycles. The van der Waals surface area contributed by atoms with Gasteiger partial charge in [0.25, 0.3) is 5.91 Å². The van der Waals surface area contributed by atoms with Gasteiger partial charge in [-0.25, -0.2) is 0 Å². The van der Waals surface area contributed by atoms with Gasteiger partial charge in [0, 0.05) is 12.1 Å². The standard InChI is InChI=1S/C16H22N2O5/c1-3-7-17-15(20)9-18-16(21)11-23-13-6-5-12(10-19)8-14(13)22-4-2/h5-6,8,10H,3-4,7,9,11H2,1-2H3,(H,17,20)(H,18,21). The molecule has 0 unspecified atom stereocenters. The Labute approximate surface area is 135 Å². The SMILES string of the molecule is CCCNC(=O)CNC(=O)COc1ccc(C=O)cc1OCC. The van der Waals surface area contributed by atoms with Crippen molar-refractivity contribution < 1.29 is 23.9 Å². The van der Waals surface area contributed by atoms with Crippen molar-refractivity contribution in [2.45, 2.75) is 20.3 Å². The van der Waals surface area contributed by atoms with E-state index in [1.807, 2.05) is 6.92 Å². The number of ether oxygens (including phenoxy) is 2. The molecular weight excluding hydrogens is 300 g/mol. The molecule has 7 nitrogen and oxygen atoms in total. The number of benzene rings is 1. The first-order valence-corrected chi connectivity index (χ1v) is 7.48. The van der Waals surface area contributed by atoms with Crippen LogP contribution in [0.25, 0.3) is 0 Å². The summed E-state index contributed by atoms with van der Waals surface area (Å²) >= 11 is 0. The van der Waals surface area contributed by atoms with Crippen LogP contribution in [0.2, 0.25) is 0 Å². The van der Waals surface area contributed by atoms with Crippen molar-refractivity contribution in [3.8, 4) is 11.5 Å². The second-order valence-corrected chi connectivity index (χ2v) is 4.67. The zero-order chi connectivity index (χ0) is 17.1. The third-order valence-electron chi connectivity index (χ3n) is 2.78. The van der Waals surface area contributed by atoms with Gasteiger partial charge in [0.05, 0.1) is 13.2 Å². The summed E-state index contributed by atoms with van der Waals surface area (Å²) in [5, 5.41) is 5.12. The molecule has 1 rings (SSSR count). The summed E-state index contributed by atoms with van der Waals surface area (Å²) in [6, 6.07) is 4.68. The van der Waals surface area contributed by atoms with Gasteiger partial charge in [0.15, 0.2) is 18.1 Å². The van der Waals surface area contributed by atoms with E-state index in [2.05, 4.69) is 10.6 Å². The molecule has 0 aliphatic heterocycles. The molecule has 0 aliphatic rings. The average Bonchev–Trinajstić information content (AvgIpc) is 2.57. The summed E-state index contributed by atoms with van der Waals surface area (Å²) in [6.45, 7) is 4.39.